The summed E-state index contributed by atoms with van der Waals surface area (Å²) in [5.74, 6) is -0.00971. The van der Waals surface area contributed by atoms with Crippen molar-refractivity contribution in [1.29, 1.82) is 0 Å². The third-order valence-electron chi connectivity index (χ3n) is 4.05. The molecule has 0 aromatic carbocycles. The van der Waals surface area contributed by atoms with Gasteiger partial charge in [0.05, 0.1) is 11.3 Å². The highest BCUT2D eigenvalue weighted by atomic mass is 16.1. The Morgan fingerprint density at radius 3 is 3.00 bits per heavy atom. The summed E-state index contributed by atoms with van der Waals surface area (Å²) in [6.45, 7) is 2.46. The molecule has 0 radical (unpaired) electrons. The molecule has 0 atom stereocenters. The lowest BCUT2D eigenvalue weighted by Gasteiger charge is -2.09. The summed E-state index contributed by atoms with van der Waals surface area (Å²) in [7, 11) is 1.97. The van der Waals surface area contributed by atoms with Gasteiger partial charge in [-0.05, 0) is 24.6 Å². The van der Waals surface area contributed by atoms with Crippen LogP contribution in [0, 0.1) is 6.92 Å². The van der Waals surface area contributed by atoms with Gasteiger partial charge in [0.25, 0.3) is 5.91 Å². The van der Waals surface area contributed by atoms with E-state index in [9.17, 15) is 4.79 Å². The summed E-state index contributed by atoms with van der Waals surface area (Å²) in [6, 6.07) is 4.00. The van der Waals surface area contributed by atoms with Gasteiger partial charge in [-0.25, -0.2) is 4.98 Å². The van der Waals surface area contributed by atoms with Crippen molar-refractivity contribution in [2.45, 2.75) is 13.5 Å². The first kappa shape index (κ1) is 12.1. The number of nitrogens with one attached hydrogen (secondary N) is 1. The number of hydrogen-bond donors (Lipinski definition) is 1. The number of pyridine rings is 2. The van der Waals surface area contributed by atoms with E-state index in [4.69, 9.17) is 0 Å². The minimum absolute atomic E-state index is 0.00971. The molecular formula is C16H14N4O. The number of aromatic nitrogens is 3. The predicted molar refractivity (Wildman–Crippen MR) is 79.9 cm³/mol. The molecule has 3 aromatic rings. The fraction of sp³-hybridized carbons (Fsp3) is 0.188. The molecule has 1 aliphatic heterocycles. The van der Waals surface area contributed by atoms with E-state index >= 15 is 0 Å². The average Bonchev–Trinajstić information content (AvgIpc) is 3.05. The largest absolute Gasteiger partial charge is 0.348 e. The molecular weight excluding hydrogens is 264 g/mol. The van der Waals surface area contributed by atoms with Crippen molar-refractivity contribution in [2.24, 2.45) is 7.05 Å². The maximum absolute atomic E-state index is 12.0. The number of amides is 1. The average molecular weight is 278 g/mol. The van der Waals surface area contributed by atoms with Crippen molar-refractivity contribution >= 4 is 16.9 Å². The summed E-state index contributed by atoms with van der Waals surface area (Å²) in [5.41, 5.74) is 5.47. The van der Waals surface area contributed by atoms with Crippen LogP contribution in [0.1, 0.15) is 21.5 Å². The van der Waals surface area contributed by atoms with Crippen LogP contribution in [-0.2, 0) is 13.6 Å². The number of fused-ring (bicyclic) bond motifs is 2. The summed E-state index contributed by atoms with van der Waals surface area (Å²) in [6.07, 6.45) is 5.54. The van der Waals surface area contributed by atoms with E-state index in [1.807, 2.05) is 36.9 Å². The van der Waals surface area contributed by atoms with E-state index in [0.29, 0.717) is 6.54 Å². The normalized spacial score (nSPS) is 13.5. The minimum Gasteiger partial charge on any atom is -0.348 e. The van der Waals surface area contributed by atoms with E-state index in [1.165, 1.54) is 0 Å². The molecule has 0 bridgehead atoms. The highest BCUT2D eigenvalue weighted by Gasteiger charge is 2.26. The van der Waals surface area contributed by atoms with Gasteiger partial charge in [-0.15, -0.1) is 0 Å². The molecule has 104 valence electrons. The number of carbonyl (C=O) groups excluding carboxylic acids is 1. The first-order valence-corrected chi connectivity index (χ1v) is 6.84. The van der Waals surface area contributed by atoms with E-state index in [1.54, 1.807) is 12.4 Å². The SMILES string of the molecule is Cc1cnc(-c2ccnc3c2ccn3C)c2c1C(=O)NC2. The second-order valence-corrected chi connectivity index (χ2v) is 5.35. The van der Waals surface area contributed by atoms with Crippen LogP contribution in [0.3, 0.4) is 0 Å². The molecule has 3 aromatic heterocycles. The molecule has 21 heavy (non-hydrogen) atoms. The highest BCUT2D eigenvalue weighted by molar-refractivity contribution is 6.03. The van der Waals surface area contributed by atoms with Gasteiger partial charge in [-0.3, -0.25) is 9.78 Å². The third-order valence-corrected chi connectivity index (χ3v) is 4.05. The second-order valence-electron chi connectivity index (χ2n) is 5.35. The van der Waals surface area contributed by atoms with E-state index < -0.39 is 0 Å². The zero-order valence-electron chi connectivity index (χ0n) is 11.8. The smallest absolute Gasteiger partial charge is 0.252 e. The van der Waals surface area contributed by atoms with Gasteiger partial charge >= 0.3 is 0 Å². The summed E-state index contributed by atoms with van der Waals surface area (Å²) in [5, 5.41) is 3.94. The Kier molecular flexibility index (Phi) is 2.39. The number of carbonyl (C=O) groups is 1. The maximum Gasteiger partial charge on any atom is 0.252 e. The van der Waals surface area contributed by atoms with Crippen LogP contribution in [0.25, 0.3) is 22.3 Å². The van der Waals surface area contributed by atoms with Gasteiger partial charge in [-0.1, -0.05) is 0 Å². The van der Waals surface area contributed by atoms with Crippen molar-refractivity contribution in [1.82, 2.24) is 19.9 Å². The molecule has 5 nitrogen and oxygen atoms in total. The fourth-order valence-corrected chi connectivity index (χ4v) is 3.01. The van der Waals surface area contributed by atoms with Crippen molar-refractivity contribution in [3.8, 4) is 11.3 Å². The summed E-state index contributed by atoms with van der Waals surface area (Å²) < 4.78 is 1.98. The Morgan fingerprint density at radius 1 is 1.29 bits per heavy atom. The number of aryl methyl sites for hydroxylation is 2. The minimum atomic E-state index is -0.00971. The Hall–Kier alpha value is -2.69. The Bertz CT molecular complexity index is 895. The van der Waals surface area contributed by atoms with E-state index in [2.05, 4.69) is 15.3 Å². The molecule has 0 fully saturated rings. The number of hydrogen-bond acceptors (Lipinski definition) is 3. The monoisotopic (exact) mass is 278 g/mol. The van der Waals surface area contributed by atoms with Crippen LogP contribution in [0.5, 0.6) is 0 Å². The van der Waals surface area contributed by atoms with Gasteiger partial charge in [0.2, 0.25) is 0 Å². The Balaban J connectivity index is 2.05. The standard InChI is InChI=1S/C16H14N4O/c1-9-7-18-14(12-8-19-16(21)13(9)12)10-3-5-17-15-11(10)4-6-20(15)2/h3-7H,8H2,1-2H3,(H,19,21). The van der Waals surface area contributed by atoms with Crippen molar-refractivity contribution in [3.63, 3.8) is 0 Å². The number of nitrogens with zero attached hydrogens (tertiary/aromatic N) is 3. The zero-order valence-corrected chi connectivity index (χ0v) is 11.8. The summed E-state index contributed by atoms with van der Waals surface area (Å²) in [4.78, 5) is 21.0. The van der Waals surface area contributed by atoms with Crippen molar-refractivity contribution < 1.29 is 4.79 Å². The quantitative estimate of drug-likeness (QED) is 0.742. The molecule has 5 heteroatoms. The van der Waals surface area contributed by atoms with Crippen LogP contribution in [-0.4, -0.2) is 20.4 Å². The van der Waals surface area contributed by atoms with Gasteiger partial charge < -0.3 is 9.88 Å². The van der Waals surface area contributed by atoms with Gasteiger partial charge in [0.1, 0.15) is 5.65 Å². The molecule has 0 spiro atoms. The lowest BCUT2D eigenvalue weighted by atomic mass is 9.99. The molecule has 1 amide bonds. The highest BCUT2D eigenvalue weighted by Crippen LogP contribution is 2.33. The van der Waals surface area contributed by atoms with Crippen LogP contribution in [0.2, 0.25) is 0 Å². The lowest BCUT2D eigenvalue weighted by Crippen LogP contribution is -2.13. The molecule has 0 aliphatic carbocycles. The fourth-order valence-electron chi connectivity index (χ4n) is 3.01. The molecule has 1 N–H and O–H groups in total. The molecule has 0 unspecified atom stereocenters. The first-order chi connectivity index (χ1) is 10.2. The predicted octanol–water partition coefficient (Wildman–Crippen LogP) is 2.19. The molecule has 0 saturated heterocycles. The third kappa shape index (κ3) is 1.60. The Morgan fingerprint density at radius 2 is 2.14 bits per heavy atom. The van der Waals surface area contributed by atoms with Crippen LogP contribution < -0.4 is 5.32 Å². The molecule has 0 saturated carbocycles. The van der Waals surface area contributed by atoms with Crippen molar-refractivity contribution in [3.05, 3.63) is 47.4 Å². The van der Waals surface area contributed by atoms with Gasteiger partial charge in [0.15, 0.2) is 0 Å². The zero-order chi connectivity index (χ0) is 14.6. The number of rotatable bonds is 1. The molecule has 4 rings (SSSR count). The van der Waals surface area contributed by atoms with Gasteiger partial charge in [-0.2, -0.15) is 0 Å². The summed E-state index contributed by atoms with van der Waals surface area (Å²) >= 11 is 0. The van der Waals surface area contributed by atoms with E-state index in [0.717, 1.165) is 39.0 Å². The van der Waals surface area contributed by atoms with Crippen molar-refractivity contribution in [2.75, 3.05) is 0 Å². The Labute approximate surface area is 121 Å². The maximum atomic E-state index is 12.0. The van der Waals surface area contributed by atoms with E-state index in [-0.39, 0.29) is 5.91 Å². The molecule has 4 heterocycles. The van der Waals surface area contributed by atoms with Crippen LogP contribution >= 0.6 is 0 Å². The molecule has 1 aliphatic rings. The van der Waals surface area contributed by atoms with Crippen LogP contribution in [0.15, 0.2) is 30.7 Å². The second kappa shape index (κ2) is 4.15. The van der Waals surface area contributed by atoms with Crippen LogP contribution in [0.4, 0.5) is 0 Å². The first-order valence-electron chi connectivity index (χ1n) is 6.84. The lowest BCUT2D eigenvalue weighted by molar-refractivity contribution is 0.0965. The van der Waals surface area contributed by atoms with Gasteiger partial charge in [0, 0.05) is 48.7 Å². The topological polar surface area (TPSA) is 59.8 Å².